The Morgan fingerprint density at radius 1 is 0.950 bits per heavy atom. The smallest absolute Gasteiger partial charge is 0.122 e. The first-order valence-corrected chi connectivity index (χ1v) is 7.14. The van der Waals surface area contributed by atoms with Crippen LogP contribution in [0.2, 0.25) is 0 Å². The van der Waals surface area contributed by atoms with E-state index in [0.717, 1.165) is 12.3 Å². The van der Waals surface area contributed by atoms with Crippen LogP contribution >= 0.6 is 0 Å². The Bertz CT molecular complexity index is 590. The Balaban J connectivity index is 2.14. The predicted octanol–water partition coefficient (Wildman–Crippen LogP) is 4.62. The summed E-state index contributed by atoms with van der Waals surface area (Å²) in [6.07, 6.45) is 0. The van der Waals surface area contributed by atoms with E-state index in [1.165, 1.54) is 27.9 Å². The monoisotopic (exact) mass is 269 g/mol. The van der Waals surface area contributed by atoms with Crippen molar-refractivity contribution in [2.75, 3.05) is 11.9 Å². The number of nitrogens with one attached hydrogen (secondary N) is 1. The van der Waals surface area contributed by atoms with Gasteiger partial charge in [-0.3, -0.25) is 0 Å². The van der Waals surface area contributed by atoms with Crippen LogP contribution in [-0.4, -0.2) is 6.61 Å². The van der Waals surface area contributed by atoms with Crippen molar-refractivity contribution in [2.24, 2.45) is 0 Å². The molecular formula is C18H23NO. The zero-order valence-corrected chi connectivity index (χ0v) is 12.8. The molecule has 2 heteroatoms. The Morgan fingerprint density at radius 2 is 1.70 bits per heavy atom. The van der Waals surface area contributed by atoms with Crippen LogP contribution in [0.1, 0.15) is 29.2 Å². The van der Waals surface area contributed by atoms with E-state index < -0.39 is 0 Å². The number of hydrogen-bond acceptors (Lipinski definition) is 2. The maximum atomic E-state index is 5.63. The van der Waals surface area contributed by atoms with E-state index in [-0.39, 0.29) is 0 Å². The lowest BCUT2D eigenvalue weighted by Crippen LogP contribution is -2.04. The van der Waals surface area contributed by atoms with E-state index in [4.69, 9.17) is 4.74 Å². The van der Waals surface area contributed by atoms with Gasteiger partial charge in [-0.05, 0) is 62.1 Å². The lowest BCUT2D eigenvalue weighted by molar-refractivity contribution is 0.337. The molecule has 0 aromatic heterocycles. The molecule has 20 heavy (non-hydrogen) atoms. The summed E-state index contributed by atoms with van der Waals surface area (Å²) in [5.74, 6) is 0.990. The molecule has 2 nitrogen and oxygen atoms in total. The van der Waals surface area contributed by atoms with Crippen LogP contribution in [0.15, 0.2) is 36.4 Å². The second-order valence-electron chi connectivity index (χ2n) is 5.15. The lowest BCUT2D eigenvalue weighted by atomic mass is 10.0. The molecule has 0 heterocycles. The van der Waals surface area contributed by atoms with Crippen molar-refractivity contribution >= 4 is 5.69 Å². The zero-order valence-electron chi connectivity index (χ0n) is 12.8. The maximum absolute atomic E-state index is 5.63. The highest BCUT2D eigenvalue weighted by Crippen LogP contribution is 2.24. The Kier molecular flexibility index (Phi) is 4.67. The number of anilines is 1. The van der Waals surface area contributed by atoms with Gasteiger partial charge in [-0.1, -0.05) is 24.3 Å². The maximum Gasteiger partial charge on any atom is 0.122 e. The number of ether oxygens (including phenoxy) is 1. The molecule has 0 aliphatic carbocycles. The van der Waals surface area contributed by atoms with Crippen molar-refractivity contribution in [1.29, 1.82) is 0 Å². The van der Waals surface area contributed by atoms with Gasteiger partial charge in [0.2, 0.25) is 0 Å². The minimum Gasteiger partial charge on any atom is -0.494 e. The van der Waals surface area contributed by atoms with Gasteiger partial charge in [0.25, 0.3) is 0 Å². The van der Waals surface area contributed by atoms with Gasteiger partial charge in [-0.15, -0.1) is 0 Å². The van der Waals surface area contributed by atoms with Gasteiger partial charge >= 0.3 is 0 Å². The summed E-state index contributed by atoms with van der Waals surface area (Å²) in [7, 11) is 0. The van der Waals surface area contributed by atoms with E-state index >= 15 is 0 Å². The second-order valence-corrected chi connectivity index (χ2v) is 5.15. The fourth-order valence-corrected chi connectivity index (χ4v) is 2.31. The number of rotatable bonds is 5. The van der Waals surface area contributed by atoms with Crippen LogP contribution < -0.4 is 10.1 Å². The van der Waals surface area contributed by atoms with Crippen LogP contribution in [0.4, 0.5) is 5.69 Å². The van der Waals surface area contributed by atoms with Crippen LogP contribution in [-0.2, 0) is 6.54 Å². The minimum atomic E-state index is 0.709. The van der Waals surface area contributed by atoms with Crippen molar-refractivity contribution in [2.45, 2.75) is 34.2 Å². The zero-order chi connectivity index (χ0) is 14.5. The molecule has 0 aliphatic heterocycles. The minimum absolute atomic E-state index is 0.709. The molecule has 0 saturated heterocycles. The summed E-state index contributed by atoms with van der Waals surface area (Å²) >= 11 is 0. The summed E-state index contributed by atoms with van der Waals surface area (Å²) < 4.78 is 5.63. The molecule has 2 aromatic carbocycles. The van der Waals surface area contributed by atoms with Crippen molar-refractivity contribution in [3.63, 3.8) is 0 Å². The summed E-state index contributed by atoms with van der Waals surface area (Å²) in [5.41, 5.74) is 6.24. The standard InChI is InChI=1S/C18H23NO/c1-5-20-18-11-14(3)16(10-15(18)4)12-19-17-9-7-6-8-13(17)2/h6-11,19H,5,12H2,1-4H3. The summed E-state index contributed by atoms with van der Waals surface area (Å²) in [6.45, 7) is 9.92. The highest BCUT2D eigenvalue weighted by atomic mass is 16.5. The van der Waals surface area contributed by atoms with E-state index in [2.05, 4.69) is 62.5 Å². The van der Waals surface area contributed by atoms with Crippen LogP contribution in [0.3, 0.4) is 0 Å². The second kappa shape index (κ2) is 6.47. The molecule has 106 valence electrons. The SMILES string of the molecule is CCOc1cc(C)c(CNc2ccccc2C)cc1C. The highest BCUT2D eigenvalue weighted by molar-refractivity contribution is 5.51. The summed E-state index contributed by atoms with van der Waals surface area (Å²) in [6, 6.07) is 12.7. The van der Waals surface area contributed by atoms with Crippen LogP contribution in [0, 0.1) is 20.8 Å². The van der Waals surface area contributed by atoms with Gasteiger partial charge in [0, 0.05) is 12.2 Å². The van der Waals surface area contributed by atoms with Crippen molar-refractivity contribution in [3.05, 3.63) is 58.7 Å². The van der Waals surface area contributed by atoms with Gasteiger partial charge in [0.05, 0.1) is 6.61 Å². The highest BCUT2D eigenvalue weighted by Gasteiger charge is 2.06. The largest absolute Gasteiger partial charge is 0.494 e. The molecule has 0 fully saturated rings. The summed E-state index contributed by atoms with van der Waals surface area (Å²) in [5, 5.41) is 3.51. The molecule has 0 bridgehead atoms. The number of hydrogen-bond donors (Lipinski definition) is 1. The van der Waals surface area contributed by atoms with E-state index in [1.54, 1.807) is 0 Å². The predicted molar refractivity (Wildman–Crippen MR) is 85.6 cm³/mol. The van der Waals surface area contributed by atoms with Crippen LogP contribution in [0.5, 0.6) is 5.75 Å². The Labute approximate surface area is 121 Å². The third kappa shape index (κ3) is 3.32. The molecule has 0 radical (unpaired) electrons. The first kappa shape index (κ1) is 14.4. The molecule has 0 unspecified atom stereocenters. The van der Waals surface area contributed by atoms with Crippen molar-refractivity contribution < 1.29 is 4.74 Å². The molecule has 0 aliphatic rings. The first-order valence-electron chi connectivity index (χ1n) is 7.14. The van der Waals surface area contributed by atoms with E-state index in [9.17, 15) is 0 Å². The van der Waals surface area contributed by atoms with Gasteiger partial charge in [0.1, 0.15) is 5.75 Å². The van der Waals surface area contributed by atoms with Crippen molar-refractivity contribution in [1.82, 2.24) is 0 Å². The quantitative estimate of drug-likeness (QED) is 0.855. The summed E-state index contributed by atoms with van der Waals surface area (Å²) in [4.78, 5) is 0. The molecule has 2 aromatic rings. The van der Waals surface area contributed by atoms with Gasteiger partial charge < -0.3 is 10.1 Å². The molecule has 0 saturated carbocycles. The fraction of sp³-hybridized carbons (Fsp3) is 0.333. The average molecular weight is 269 g/mol. The van der Waals surface area contributed by atoms with Gasteiger partial charge in [-0.25, -0.2) is 0 Å². The third-order valence-electron chi connectivity index (χ3n) is 3.55. The van der Waals surface area contributed by atoms with Gasteiger partial charge in [-0.2, -0.15) is 0 Å². The van der Waals surface area contributed by atoms with Crippen LogP contribution in [0.25, 0.3) is 0 Å². The fourth-order valence-electron chi connectivity index (χ4n) is 2.31. The molecule has 2 rings (SSSR count). The molecule has 0 amide bonds. The molecular weight excluding hydrogens is 246 g/mol. The Hall–Kier alpha value is -1.96. The Morgan fingerprint density at radius 3 is 2.40 bits per heavy atom. The first-order chi connectivity index (χ1) is 9.61. The average Bonchev–Trinajstić information content (AvgIpc) is 2.43. The number of para-hydroxylation sites is 1. The molecule has 1 N–H and O–H groups in total. The number of benzene rings is 2. The molecule has 0 spiro atoms. The number of aryl methyl sites for hydroxylation is 3. The van der Waals surface area contributed by atoms with Crippen molar-refractivity contribution in [3.8, 4) is 5.75 Å². The third-order valence-corrected chi connectivity index (χ3v) is 3.55. The van der Waals surface area contributed by atoms with E-state index in [0.29, 0.717) is 6.61 Å². The molecule has 0 atom stereocenters. The lowest BCUT2D eigenvalue weighted by Gasteiger charge is -2.14. The van der Waals surface area contributed by atoms with Gasteiger partial charge in [0.15, 0.2) is 0 Å². The normalized spacial score (nSPS) is 10.4. The topological polar surface area (TPSA) is 21.3 Å². The van der Waals surface area contributed by atoms with E-state index in [1.807, 2.05) is 6.92 Å².